The number of carbonyl (C=O) groups is 2. The van der Waals surface area contributed by atoms with E-state index in [0.29, 0.717) is 18.7 Å². The van der Waals surface area contributed by atoms with Crippen LogP contribution in [-0.2, 0) is 4.79 Å². The van der Waals surface area contributed by atoms with Crippen molar-refractivity contribution in [2.24, 2.45) is 0 Å². The zero-order valence-corrected chi connectivity index (χ0v) is 17.6. The molecule has 1 unspecified atom stereocenters. The van der Waals surface area contributed by atoms with Crippen molar-refractivity contribution in [3.05, 3.63) is 65.7 Å². The first kappa shape index (κ1) is 21.8. The van der Waals surface area contributed by atoms with Crippen LogP contribution in [0.1, 0.15) is 47.6 Å². The summed E-state index contributed by atoms with van der Waals surface area (Å²) in [7, 11) is 1.66. The molecule has 2 aromatic carbocycles. The quantitative estimate of drug-likeness (QED) is 0.667. The standard InChI is InChI=1S/C24H31N3O3/c1-30-21-12-10-19(11-13-21)22(27-16-6-3-7-17-27)18-26-23(28)14-15-25-24(29)20-8-4-2-5-9-20/h2,4-5,8-13,22H,3,6-7,14-18H2,1H3,(H,25,29)(H,26,28). The van der Waals surface area contributed by atoms with Gasteiger partial charge < -0.3 is 15.4 Å². The Kier molecular flexibility index (Phi) is 8.27. The second kappa shape index (κ2) is 11.4. The highest BCUT2D eigenvalue weighted by molar-refractivity contribution is 5.94. The Balaban J connectivity index is 1.51. The summed E-state index contributed by atoms with van der Waals surface area (Å²) in [4.78, 5) is 26.9. The molecule has 1 saturated heterocycles. The van der Waals surface area contributed by atoms with Crippen molar-refractivity contribution in [3.63, 3.8) is 0 Å². The first-order valence-corrected chi connectivity index (χ1v) is 10.7. The molecule has 1 aliphatic heterocycles. The van der Waals surface area contributed by atoms with E-state index in [4.69, 9.17) is 4.74 Å². The molecule has 1 atom stereocenters. The topological polar surface area (TPSA) is 70.7 Å². The largest absolute Gasteiger partial charge is 0.497 e. The van der Waals surface area contributed by atoms with Crippen molar-refractivity contribution in [2.75, 3.05) is 33.3 Å². The molecule has 1 aliphatic rings. The van der Waals surface area contributed by atoms with Crippen molar-refractivity contribution in [3.8, 4) is 5.75 Å². The molecule has 1 fully saturated rings. The molecule has 3 rings (SSSR count). The normalized spacial score (nSPS) is 15.2. The van der Waals surface area contributed by atoms with Crippen LogP contribution >= 0.6 is 0 Å². The Morgan fingerprint density at radius 2 is 1.67 bits per heavy atom. The molecule has 6 heteroatoms. The van der Waals surface area contributed by atoms with Gasteiger partial charge in [0, 0.05) is 25.1 Å². The summed E-state index contributed by atoms with van der Waals surface area (Å²) in [5.74, 6) is 0.612. The van der Waals surface area contributed by atoms with Gasteiger partial charge in [0.15, 0.2) is 0 Å². The molecule has 0 aliphatic carbocycles. The van der Waals surface area contributed by atoms with Crippen molar-refractivity contribution in [1.29, 1.82) is 0 Å². The monoisotopic (exact) mass is 409 g/mol. The molecule has 0 spiro atoms. The Labute approximate surface area is 178 Å². The lowest BCUT2D eigenvalue weighted by Gasteiger charge is -2.35. The fourth-order valence-corrected chi connectivity index (χ4v) is 3.79. The van der Waals surface area contributed by atoms with Crippen LogP contribution in [0.25, 0.3) is 0 Å². The van der Waals surface area contributed by atoms with Gasteiger partial charge in [-0.1, -0.05) is 36.8 Å². The van der Waals surface area contributed by atoms with E-state index in [2.05, 4.69) is 27.7 Å². The van der Waals surface area contributed by atoms with Crippen LogP contribution in [0.4, 0.5) is 0 Å². The summed E-state index contributed by atoms with van der Waals surface area (Å²) in [5.41, 5.74) is 1.78. The SMILES string of the molecule is COc1ccc(C(CNC(=O)CCNC(=O)c2ccccc2)N2CCCCC2)cc1. The minimum atomic E-state index is -0.159. The Morgan fingerprint density at radius 3 is 2.33 bits per heavy atom. The number of hydrogen-bond acceptors (Lipinski definition) is 4. The third kappa shape index (κ3) is 6.32. The average molecular weight is 410 g/mol. The predicted molar refractivity (Wildman–Crippen MR) is 118 cm³/mol. The Hall–Kier alpha value is -2.86. The maximum absolute atomic E-state index is 12.4. The first-order chi connectivity index (χ1) is 14.7. The van der Waals surface area contributed by atoms with Gasteiger partial charge in [-0.2, -0.15) is 0 Å². The molecule has 0 bridgehead atoms. The molecule has 0 radical (unpaired) electrons. The number of nitrogens with zero attached hydrogens (tertiary/aromatic N) is 1. The molecular formula is C24H31N3O3. The molecule has 160 valence electrons. The fraction of sp³-hybridized carbons (Fsp3) is 0.417. The smallest absolute Gasteiger partial charge is 0.251 e. The third-order valence-corrected chi connectivity index (χ3v) is 5.50. The van der Waals surface area contributed by atoms with E-state index in [9.17, 15) is 9.59 Å². The zero-order chi connectivity index (χ0) is 21.2. The average Bonchev–Trinajstić information content (AvgIpc) is 2.81. The van der Waals surface area contributed by atoms with E-state index >= 15 is 0 Å². The van der Waals surface area contributed by atoms with Crippen LogP contribution in [0.2, 0.25) is 0 Å². The Bertz CT molecular complexity index is 802. The van der Waals surface area contributed by atoms with Crippen LogP contribution in [0.5, 0.6) is 5.75 Å². The lowest BCUT2D eigenvalue weighted by atomic mass is 10.0. The van der Waals surface area contributed by atoms with E-state index in [1.165, 1.54) is 24.8 Å². The van der Waals surface area contributed by atoms with Gasteiger partial charge in [-0.25, -0.2) is 0 Å². The number of carbonyl (C=O) groups excluding carboxylic acids is 2. The van der Waals surface area contributed by atoms with Gasteiger partial charge >= 0.3 is 0 Å². The summed E-state index contributed by atoms with van der Waals surface area (Å²) in [5, 5.41) is 5.86. The van der Waals surface area contributed by atoms with E-state index < -0.39 is 0 Å². The summed E-state index contributed by atoms with van der Waals surface area (Å²) >= 11 is 0. The summed E-state index contributed by atoms with van der Waals surface area (Å²) < 4.78 is 5.27. The van der Waals surface area contributed by atoms with E-state index in [0.717, 1.165) is 18.8 Å². The van der Waals surface area contributed by atoms with Crippen molar-refractivity contribution in [1.82, 2.24) is 15.5 Å². The predicted octanol–water partition coefficient (Wildman–Crippen LogP) is 3.16. The van der Waals surface area contributed by atoms with Gasteiger partial charge in [0.1, 0.15) is 5.75 Å². The number of hydrogen-bond donors (Lipinski definition) is 2. The van der Waals surface area contributed by atoms with Crippen LogP contribution in [-0.4, -0.2) is 50.0 Å². The minimum Gasteiger partial charge on any atom is -0.497 e. The number of benzene rings is 2. The molecular weight excluding hydrogens is 378 g/mol. The highest BCUT2D eigenvalue weighted by Gasteiger charge is 2.23. The number of rotatable bonds is 9. The molecule has 0 saturated carbocycles. The van der Waals surface area contributed by atoms with E-state index in [-0.39, 0.29) is 24.3 Å². The molecule has 0 aromatic heterocycles. The first-order valence-electron chi connectivity index (χ1n) is 10.7. The number of methoxy groups -OCH3 is 1. The minimum absolute atomic E-state index is 0.0566. The lowest BCUT2D eigenvalue weighted by molar-refractivity contribution is -0.121. The van der Waals surface area contributed by atoms with Crippen LogP contribution in [0, 0.1) is 0 Å². The fourth-order valence-electron chi connectivity index (χ4n) is 3.79. The second-order valence-corrected chi connectivity index (χ2v) is 7.56. The van der Waals surface area contributed by atoms with Gasteiger partial charge in [-0.3, -0.25) is 14.5 Å². The molecule has 1 heterocycles. The summed E-state index contributed by atoms with van der Waals surface area (Å²) in [6.45, 7) is 2.95. The third-order valence-electron chi connectivity index (χ3n) is 5.50. The number of amides is 2. The molecule has 2 N–H and O–H groups in total. The lowest BCUT2D eigenvalue weighted by Crippen LogP contribution is -2.41. The number of likely N-dealkylation sites (tertiary alicyclic amines) is 1. The van der Waals surface area contributed by atoms with Gasteiger partial charge in [0.2, 0.25) is 5.91 Å². The van der Waals surface area contributed by atoms with Gasteiger partial charge in [-0.15, -0.1) is 0 Å². The highest BCUT2D eigenvalue weighted by Crippen LogP contribution is 2.25. The molecule has 30 heavy (non-hydrogen) atoms. The second-order valence-electron chi connectivity index (χ2n) is 7.56. The van der Waals surface area contributed by atoms with E-state index in [1.807, 2.05) is 30.3 Å². The van der Waals surface area contributed by atoms with Crippen LogP contribution in [0.15, 0.2) is 54.6 Å². The van der Waals surface area contributed by atoms with Gasteiger partial charge in [0.05, 0.1) is 13.2 Å². The van der Waals surface area contributed by atoms with E-state index in [1.54, 1.807) is 19.2 Å². The molecule has 2 amide bonds. The summed E-state index contributed by atoms with van der Waals surface area (Å²) in [6.07, 6.45) is 3.89. The molecule has 2 aromatic rings. The highest BCUT2D eigenvalue weighted by atomic mass is 16.5. The number of nitrogens with one attached hydrogen (secondary N) is 2. The van der Waals surface area contributed by atoms with Crippen LogP contribution in [0.3, 0.4) is 0 Å². The summed E-state index contributed by atoms with van der Waals surface area (Å²) in [6, 6.07) is 17.2. The number of ether oxygens (including phenoxy) is 1. The van der Waals surface area contributed by atoms with Crippen LogP contribution < -0.4 is 15.4 Å². The zero-order valence-electron chi connectivity index (χ0n) is 17.6. The van der Waals surface area contributed by atoms with Gasteiger partial charge in [-0.05, 0) is 55.8 Å². The van der Waals surface area contributed by atoms with Crippen molar-refractivity contribution >= 4 is 11.8 Å². The number of piperidine rings is 1. The Morgan fingerprint density at radius 1 is 0.967 bits per heavy atom. The maximum Gasteiger partial charge on any atom is 0.251 e. The maximum atomic E-state index is 12.4. The van der Waals surface area contributed by atoms with Crippen molar-refractivity contribution in [2.45, 2.75) is 31.7 Å². The van der Waals surface area contributed by atoms with Crippen molar-refractivity contribution < 1.29 is 14.3 Å². The van der Waals surface area contributed by atoms with Gasteiger partial charge in [0.25, 0.3) is 5.91 Å². The molecule has 6 nitrogen and oxygen atoms in total.